The SMILES string of the molecule is CCCCOc1ccc(-c2ccc(C(=O)Oc3ccc(C(=O)OCC(F)(F)C(F)(F)C(F)(F)C(F)(F)C(F)(F)C(F)F)cc3)cc2)cc1. The fraction of sp³-hybridized carbons (Fsp3) is 0.355. The van der Waals surface area contributed by atoms with Crippen LogP contribution >= 0.6 is 0 Å². The van der Waals surface area contributed by atoms with Crippen molar-refractivity contribution in [2.75, 3.05) is 13.2 Å². The van der Waals surface area contributed by atoms with E-state index in [0.29, 0.717) is 12.4 Å². The zero-order valence-corrected chi connectivity index (χ0v) is 24.4. The summed E-state index contributed by atoms with van der Waals surface area (Å²) in [6.45, 7) is -0.430. The first-order valence-electron chi connectivity index (χ1n) is 13.7. The molecule has 0 spiro atoms. The maximum absolute atomic E-state index is 13.9. The minimum Gasteiger partial charge on any atom is -0.494 e. The number of benzene rings is 3. The Morgan fingerprint density at radius 2 is 1.08 bits per heavy atom. The number of ether oxygens (including phenoxy) is 3. The number of halogens is 12. The van der Waals surface area contributed by atoms with Crippen LogP contribution in [0.1, 0.15) is 40.5 Å². The lowest BCUT2D eigenvalue weighted by atomic mass is 9.94. The first-order valence-corrected chi connectivity index (χ1v) is 13.7. The lowest BCUT2D eigenvalue weighted by Crippen LogP contribution is -2.69. The second kappa shape index (κ2) is 14.4. The Morgan fingerprint density at radius 3 is 1.58 bits per heavy atom. The van der Waals surface area contributed by atoms with Gasteiger partial charge in [-0.05, 0) is 66.1 Å². The Hall–Kier alpha value is -4.44. The third-order valence-electron chi connectivity index (χ3n) is 6.70. The van der Waals surface area contributed by atoms with Gasteiger partial charge in [0.25, 0.3) is 0 Å². The summed E-state index contributed by atoms with van der Waals surface area (Å²) < 4.78 is 174. The van der Waals surface area contributed by atoms with Gasteiger partial charge in [0.2, 0.25) is 0 Å². The maximum atomic E-state index is 13.9. The van der Waals surface area contributed by atoms with Gasteiger partial charge in [0.15, 0.2) is 6.61 Å². The molecule has 0 heterocycles. The molecule has 0 N–H and O–H groups in total. The molecular weight excluding hydrogens is 680 g/mol. The molecule has 48 heavy (non-hydrogen) atoms. The van der Waals surface area contributed by atoms with E-state index in [1.807, 2.05) is 19.1 Å². The number of rotatable bonds is 15. The standard InChI is InChI=1S/C31H24F12O5/c1-2-3-16-46-22-12-8-19(9-13-22)18-4-6-21(7-5-18)25(45)48-23-14-10-20(11-15-23)24(44)47-17-27(34,35)29(38,39)31(42,43)30(40,41)28(36,37)26(32)33/h4-15,26H,2-3,16-17H2,1H3. The molecule has 262 valence electrons. The van der Waals surface area contributed by atoms with Crippen LogP contribution in [0.4, 0.5) is 52.7 Å². The molecule has 0 saturated carbocycles. The average molecular weight is 705 g/mol. The maximum Gasteiger partial charge on any atom is 0.384 e. The normalized spacial score (nSPS) is 13.0. The van der Waals surface area contributed by atoms with Crippen molar-refractivity contribution in [2.45, 2.75) is 55.8 Å². The van der Waals surface area contributed by atoms with Crippen molar-refractivity contribution in [1.82, 2.24) is 0 Å². The molecule has 3 rings (SSSR count). The van der Waals surface area contributed by atoms with Gasteiger partial charge in [-0.25, -0.2) is 18.4 Å². The van der Waals surface area contributed by atoms with E-state index >= 15 is 0 Å². The number of alkyl halides is 12. The number of carbonyl (C=O) groups is 2. The molecule has 0 unspecified atom stereocenters. The lowest BCUT2D eigenvalue weighted by Gasteiger charge is -2.38. The van der Waals surface area contributed by atoms with Crippen LogP contribution in [0.15, 0.2) is 72.8 Å². The minimum absolute atomic E-state index is 0.0820. The second-order valence-corrected chi connectivity index (χ2v) is 10.1. The van der Waals surface area contributed by atoms with Gasteiger partial charge in [-0.2, -0.15) is 43.9 Å². The van der Waals surface area contributed by atoms with E-state index in [2.05, 4.69) is 4.74 Å². The Bertz CT molecular complexity index is 1540. The van der Waals surface area contributed by atoms with E-state index in [9.17, 15) is 62.3 Å². The van der Waals surface area contributed by atoms with E-state index in [0.717, 1.165) is 48.2 Å². The summed E-state index contributed by atoms with van der Waals surface area (Å²) >= 11 is 0. The van der Waals surface area contributed by atoms with Crippen LogP contribution in [0.25, 0.3) is 11.1 Å². The van der Waals surface area contributed by atoms with Crippen LogP contribution in [0.2, 0.25) is 0 Å². The van der Waals surface area contributed by atoms with Crippen LogP contribution in [0, 0.1) is 0 Å². The van der Waals surface area contributed by atoms with E-state index in [1.165, 1.54) is 12.1 Å². The highest BCUT2D eigenvalue weighted by molar-refractivity contribution is 5.92. The van der Waals surface area contributed by atoms with Crippen molar-refractivity contribution < 1.29 is 76.5 Å². The molecule has 0 atom stereocenters. The van der Waals surface area contributed by atoms with Crippen molar-refractivity contribution in [2.24, 2.45) is 0 Å². The summed E-state index contributed by atoms with van der Waals surface area (Å²) in [5.41, 5.74) is 0.933. The number of unbranched alkanes of at least 4 members (excludes halogenated alkanes) is 1. The summed E-state index contributed by atoms with van der Waals surface area (Å²) in [7, 11) is 0. The first kappa shape index (κ1) is 38.0. The van der Waals surface area contributed by atoms with Gasteiger partial charge in [0.05, 0.1) is 17.7 Å². The molecule has 0 fully saturated rings. The van der Waals surface area contributed by atoms with Crippen LogP contribution in [-0.4, -0.2) is 61.2 Å². The molecule has 0 aliphatic heterocycles. The predicted octanol–water partition coefficient (Wildman–Crippen LogP) is 9.35. The molecule has 3 aromatic carbocycles. The topological polar surface area (TPSA) is 61.8 Å². The van der Waals surface area contributed by atoms with Gasteiger partial charge in [-0.15, -0.1) is 0 Å². The summed E-state index contributed by atoms with van der Waals surface area (Å²) in [6.07, 6.45) is -3.74. The van der Waals surface area contributed by atoms with Crippen molar-refractivity contribution in [3.63, 3.8) is 0 Å². The van der Waals surface area contributed by atoms with Gasteiger partial charge >= 0.3 is 48.0 Å². The fourth-order valence-electron chi connectivity index (χ4n) is 3.81. The average Bonchev–Trinajstić information content (AvgIpc) is 3.04. The number of hydrogen-bond donors (Lipinski definition) is 0. The monoisotopic (exact) mass is 704 g/mol. The molecule has 17 heteroatoms. The van der Waals surface area contributed by atoms with Crippen molar-refractivity contribution in [1.29, 1.82) is 0 Å². The first-order chi connectivity index (χ1) is 22.2. The summed E-state index contributed by atoms with van der Waals surface area (Å²) in [6, 6.07) is 16.7. The van der Waals surface area contributed by atoms with Gasteiger partial charge in [0, 0.05) is 0 Å². The van der Waals surface area contributed by atoms with E-state index < -0.39 is 60.1 Å². The van der Waals surface area contributed by atoms with E-state index in [-0.39, 0.29) is 11.3 Å². The van der Waals surface area contributed by atoms with E-state index in [1.54, 1.807) is 24.3 Å². The van der Waals surface area contributed by atoms with Gasteiger partial charge in [-0.1, -0.05) is 37.6 Å². The van der Waals surface area contributed by atoms with Crippen LogP contribution < -0.4 is 9.47 Å². The Labute approximate surface area is 264 Å². The summed E-state index contributed by atoms with van der Waals surface area (Å²) in [5.74, 6) is -38.7. The Morgan fingerprint density at radius 1 is 0.625 bits per heavy atom. The largest absolute Gasteiger partial charge is 0.494 e. The predicted molar refractivity (Wildman–Crippen MR) is 145 cm³/mol. The highest BCUT2D eigenvalue weighted by Crippen LogP contribution is 2.58. The second-order valence-electron chi connectivity index (χ2n) is 10.1. The third-order valence-corrected chi connectivity index (χ3v) is 6.70. The molecular formula is C31H24F12O5. The number of esters is 2. The zero-order chi connectivity index (χ0) is 36.1. The third kappa shape index (κ3) is 7.65. The summed E-state index contributed by atoms with van der Waals surface area (Å²) in [5, 5.41) is 0. The van der Waals surface area contributed by atoms with Crippen LogP contribution in [0.3, 0.4) is 0 Å². The van der Waals surface area contributed by atoms with Crippen molar-refractivity contribution in [3.8, 4) is 22.6 Å². The molecule has 0 saturated heterocycles. The smallest absolute Gasteiger partial charge is 0.384 e. The van der Waals surface area contributed by atoms with Gasteiger partial charge < -0.3 is 14.2 Å². The number of hydrogen-bond acceptors (Lipinski definition) is 5. The van der Waals surface area contributed by atoms with Gasteiger partial charge in [0.1, 0.15) is 11.5 Å². The molecule has 0 aliphatic carbocycles. The van der Waals surface area contributed by atoms with Crippen molar-refractivity contribution >= 4 is 11.9 Å². The summed E-state index contributed by atoms with van der Waals surface area (Å²) in [4.78, 5) is 24.5. The molecule has 0 amide bonds. The van der Waals surface area contributed by atoms with Crippen LogP contribution in [-0.2, 0) is 4.74 Å². The molecule has 0 radical (unpaired) electrons. The highest BCUT2D eigenvalue weighted by atomic mass is 19.4. The fourth-order valence-corrected chi connectivity index (χ4v) is 3.81. The number of carbonyl (C=O) groups excluding carboxylic acids is 2. The molecule has 0 aromatic heterocycles. The van der Waals surface area contributed by atoms with Crippen molar-refractivity contribution in [3.05, 3.63) is 83.9 Å². The molecule has 5 nitrogen and oxygen atoms in total. The minimum atomic E-state index is -7.74. The molecule has 0 aliphatic rings. The Kier molecular flexibility index (Phi) is 11.4. The lowest BCUT2D eigenvalue weighted by molar-refractivity contribution is -0.414. The van der Waals surface area contributed by atoms with Gasteiger partial charge in [-0.3, -0.25) is 0 Å². The molecule has 0 bridgehead atoms. The zero-order valence-electron chi connectivity index (χ0n) is 24.4. The van der Waals surface area contributed by atoms with E-state index in [4.69, 9.17) is 9.47 Å². The Balaban J connectivity index is 1.61. The quantitative estimate of drug-likeness (QED) is 0.0683. The molecule has 3 aromatic rings. The van der Waals surface area contributed by atoms with Crippen LogP contribution in [0.5, 0.6) is 11.5 Å². The highest BCUT2D eigenvalue weighted by Gasteiger charge is 2.87.